The monoisotopic (exact) mass is 430 g/mol. The van der Waals surface area contributed by atoms with Crippen molar-refractivity contribution < 1.29 is 133 Å². The number of hydrogen-bond donors (Lipinski definition) is 0. The van der Waals surface area contributed by atoms with Gasteiger partial charge in [0.25, 0.3) is 0 Å². The fraction of sp³-hybridized carbons (Fsp3) is 0. The van der Waals surface area contributed by atoms with E-state index in [0.29, 0.717) is 0 Å². The molecule has 0 saturated heterocycles. The van der Waals surface area contributed by atoms with E-state index in [-0.39, 0.29) is 114 Å². The maximum atomic E-state index is 10.3. The van der Waals surface area contributed by atoms with Crippen LogP contribution in [0.25, 0.3) is 0 Å². The third-order valence-electron chi connectivity index (χ3n) is 2.55. The van der Waals surface area contributed by atoms with Crippen molar-refractivity contribution in [2.45, 2.75) is 0 Å². The third-order valence-corrected chi connectivity index (χ3v) is 2.55. The number of hydrogen-bond acceptors (Lipinski definition) is 6. The van der Waals surface area contributed by atoms with E-state index in [4.69, 9.17) is 0 Å². The van der Waals surface area contributed by atoms with Crippen molar-refractivity contribution in [1.29, 1.82) is 0 Å². The number of rotatable bonds is 0. The molecule has 0 aliphatic heterocycles. The molecule has 0 fully saturated rings. The second-order valence-corrected chi connectivity index (χ2v) is 4.34. The number of para-hydroxylation sites is 6. The quantitative estimate of drug-likeness (QED) is 0.325. The van der Waals surface area contributed by atoms with Gasteiger partial charge in [0, 0.05) is 0 Å². The van der Waals surface area contributed by atoms with Gasteiger partial charge in [-0.05, 0) is 0 Å². The Morgan fingerprint density at radius 1 is 0.333 bits per heavy atom. The molecule has 0 bridgehead atoms. The van der Waals surface area contributed by atoms with Crippen LogP contribution in [0.3, 0.4) is 0 Å². The summed E-state index contributed by atoms with van der Waals surface area (Å²) >= 11 is 0. The smallest absolute Gasteiger partial charge is 0.873 e. The van der Waals surface area contributed by atoms with E-state index in [2.05, 4.69) is 0 Å². The topological polar surface area (TPSA) is 138 Å². The predicted molar refractivity (Wildman–Crippen MR) is 81.8 cm³/mol. The van der Waals surface area contributed by atoms with E-state index >= 15 is 0 Å². The zero-order chi connectivity index (χ0) is 17.9. The van der Waals surface area contributed by atoms with E-state index < -0.39 is 34.5 Å². The molecule has 0 N–H and O–H groups in total. The Labute approximate surface area is 247 Å². The molecule has 27 heavy (non-hydrogen) atoms. The van der Waals surface area contributed by atoms with Crippen LogP contribution in [0.2, 0.25) is 0 Å². The molecule has 0 aliphatic rings. The second-order valence-electron chi connectivity index (χ2n) is 4.34. The van der Waals surface area contributed by atoms with Gasteiger partial charge in [0.15, 0.2) is 0 Å². The summed E-state index contributed by atoms with van der Waals surface area (Å²) in [5.41, 5.74) is 0. The molecular formula is C18H12K2O6Si. The SMILES string of the molecule is [K+].[K+].[O-]c1ccccc1[O-].[O-]c1ccccc1[O-].[O-]c1ccccc1[O-].[Si+4]. The molecule has 0 unspecified atom stereocenters. The van der Waals surface area contributed by atoms with Crippen LogP contribution < -0.4 is 133 Å². The molecule has 0 aliphatic carbocycles. The van der Waals surface area contributed by atoms with Crippen molar-refractivity contribution >= 4 is 11.0 Å². The van der Waals surface area contributed by atoms with Crippen LogP contribution in [-0.4, -0.2) is 11.0 Å². The van der Waals surface area contributed by atoms with E-state index in [1.165, 1.54) is 36.4 Å². The van der Waals surface area contributed by atoms with Gasteiger partial charge >= 0.3 is 114 Å². The molecule has 0 aromatic heterocycles. The van der Waals surface area contributed by atoms with Crippen molar-refractivity contribution in [3.63, 3.8) is 0 Å². The standard InChI is InChI=1S/3C6H6O2.2K.Si/c3*7-5-3-1-2-4-6(5)8;;;/h3*1-4,7-8H;;;/q;;;2*+1;+4/p-6. The Hall–Kier alpha value is -0.0504. The van der Waals surface area contributed by atoms with Crippen molar-refractivity contribution in [2.24, 2.45) is 0 Å². The van der Waals surface area contributed by atoms with Crippen molar-refractivity contribution in [3.8, 4) is 34.5 Å². The molecule has 3 aromatic carbocycles. The van der Waals surface area contributed by atoms with E-state index in [0.717, 1.165) is 0 Å². The minimum absolute atomic E-state index is 0. The largest absolute Gasteiger partial charge is 4.00 e. The molecule has 0 radical (unpaired) electrons. The van der Waals surface area contributed by atoms with Gasteiger partial charge in [-0.1, -0.05) is 72.8 Å². The molecule has 3 aromatic rings. The summed E-state index contributed by atoms with van der Waals surface area (Å²) in [5, 5.41) is 61.8. The zero-order valence-electron chi connectivity index (χ0n) is 14.9. The molecule has 3 rings (SSSR count). The first-order valence-corrected chi connectivity index (χ1v) is 6.71. The summed E-state index contributed by atoms with van der Waals surface area (Å²) in [6, 6.07) is 16.8. The average Bonchev–Trinajstić information content (AvgIpc) is 2.57. The number of benzene rings is 3. The minimum Gasteiger partial charge on any atom is -0.873 e. The summed E-state index contributed by atoms with van der Waals surface area (Å²) < 4.78 is 0. The summed E-state index contributed by atoms with van der Waals surface area (Å²) in [4.78, 5) is 0. The van der Waals surface area contributed by atoms with E-state index in [1.807, 2.05) is 0 Å². The Morgan fingerprint density at radius 3 is 0.519 bits per heavy atom. The van der Waals surface area contributed by atoms with Crippen LogP contribution in [-0.2, 0) is 0 Å². The van der Waals surface area contributed by atoms with Gasteiger partial charge in [-0.3, -0.25) is 0 Å². The summed E-state index contributed by atoms with van der Waals surface area (Å²) in [7, 11) is 0. The van der Waals surface area contributed by atoms with Crippen LogP contribution in [0.15, 0.2) is 72.8 Å². The molecule has 0 heterocycles. The average molecular weight is 431 g/mol. The Bertz CT molecular complexity index is 608. The molecule has 6 nitrogen and oxygen atoms in total. The maximum Gasteiger partial charge on any atom is 4.00 e. The van der Waals surface area contributed by atoms with Crippen molar-refractivity contribution in [2.75, 3.05) is 0 Å². The maximum absolute atomic E-state index is 10.3. The van der Waals surface area contributed by atoms with E-state index in [9.17, 15) is 30.6 Å². The molecule has 0 saturated carbocycles. The third kappa shape index (κ3) is 13.7. The summed E-state index contributed by atoms with van der Waals surface area (Å²) in [6.45, 7) is 0. The fourth-order valence-corrected chi connectivity index (χ4v) is 1.35. The Balaban J connectivity index is -0.000000303. The second kappa shape index (κ2) is 18.0. The van der Waals surface area contributed by atoms with Crippen LogP contribution in [0.4, 0.5) is 0 Å². The van der Waals surface area contributed by atoms with Gasteiger partial charge in [-0.15, -0.1) is 34.5 Å². The predicted octanol–water partition coefficient (Wildman–Crippen LogP) is -6.87. The fourth-order valence-electron chi connectivity index (χ4n) is 1.35. The van der Waals surface area contributed by atoms with Crippen LogP contribution >= 0.6 is 0 Å². The molecule has 0 atom stereocenters. The minimum atomic E-state index is -0.437. The van der Waals surface area contributed by atoms with Gasteiger partial charge in [0.1, 0.15) is 0 Å². The zero-order valence-corrected chi connectivity index (χ0v) is 22.1. The molecule has 126 valence electrons. The van der Waals surface area contributed by atoms with Crippen LogP contribution in [0.1, 0.15) is 0 Å². The molecular weight excluding hydrogens is 418 g/mol. The van der Waals surface area contributed by atoms with Crippen LogP contribution in [0, 0.1) is 0 Å². The summed E-state index contributed by atoms with van der Waals surface area (Å²) in [5.74, 6) is -2.62. The van der Waals surface area contributed by atoms with Gasteiger partial charge < -0.3 is 30.6 Å². The van der Waals surface area contributed by atoms with Gasteiger partial charge in [-0.2, -0.15) is 0 Å². The van der Waals surface area contributed by atoms with Gasteiger partial charge in [-0.25, -0.2) is 0 Å². The van der Waals surface area contributed by atoms with Crippen molar-refractivity contribution in [3.05, 3.63) is 72.8 Å². The van der Waals surface area contributed by atoms with E-state index in [1.54, 1.807) is 36.4 Å². The molecule has 0 amide bonds. The summed E-state index contributed by atoms with van der Waals surface area (Å²) in [6.07, 6.45) is 0. The van der Waals surface area contributed by atoms with Gasteiger partial charge in [0.2, 0.25) is 0 Å². The van der Waals surface area contributed by atoms with Crippen molar-refractivity contribution in [1.82, 2.24) is 0 Å². The molecule has 9 heteroatoms. The first kappa shape index (κ1) is 31.6. The normalized spacial score (nSPS) is 8.00. The Kier molecular flexibility index (Phi) is 21.1. The Morgan fingerprint density at radius 2 is 0.444 bits per heavy atom. The molecule has 0 spiro atoms. The first-order chi connectivity index (χ1) is 11.4. The first-order valence-electron chi connectivity index (χ1n) is 6.71. The van der Waals surface area contributed by atoms with Crippen LogP contribution in [0.5, 0.6) is 34.5 Å². The van der Waals surface area contributed by atoms with Gasteiger partial charge in [0.05, 0.1) is 0 Å².